The second kappa shape index (κ2) is 9.40. The Morgan fingerprint density at radius 1 is 1.08 bits per heavy atom. The Morgan fingerprint density at radius 2 is 1.92 bits per heavy atom. The molecule has 39 heavy (non-hydrogen) atoms. The van der Waals surface area contributed by atoms with Gasteiger partial charge in [-0.2, -0.15) is 0 Å². The maximum absolute atomic E-state index is 14.1. The van der Waals surface area contributed by atoms with Gasteiger partial charge in [0.25, 0.3) is 0 Å². The summed E-state index contributed by atoms with van der Waals surface area (Å²) in [5.41, 5.74) is 5.43. The first-order valence-electron chi connectivity index (χ1n) is 14.5. The van der Waals surface area contributed by atoms with Crippen LogP contribution in [0.3, 0.4) is 0 Å². The molecule has 3 aliphatic rings. The molecule has 1 atom stereocenters. The molecule has 1 saturated heterocycles. The van der Waals surface area contributed by atoms with Crippen LogP contribution in [0.4, 0.5) is 0 Å². The molecule has 7 rings (SSSR count). The molecule has 4 aromatic rings. The SMILES string of the molecule is CC1CCCN(Cc2cc(C3CC3)c3occ(-c4cncc(C5(c6nncn6C)CC(C)C5)c4)c(=O)c3c2)C1. The molecular weight excluding hydrogens is 486 g/mol. The highest BCUT2D eigenvalue weighted by molar-refractivity contribution is 5.85. The predicted octanol–water partition coefficient (Wildman–Crippen LogP) is 5.81. The Balaban J connectivity index is 1.30. The van der Waals surface area contributed by atoms with E-state index < -0.39 is 0 Å². The molecule has 202 valence electrons. The van der Waals surface area contributed by atoms with E-state index in [0.717, 1.165) is 60.9 Å². The lowest BCUT2D eigenvalue weighted by Crippen LogP contribution is -2.43. The molecule has 2 saturated carbocycles. The molecule has 7 heteroatoms. The van der Waals surface area contributed by atoms with Gasteiger partial charge in [0, 0.05) is 38.1 Å². The van der Waals surface area contributed by atoms with Crippen LogP contribution >= 0.6 is 0 Å². The molecule has 0 N–H and O–H groups in total. The number of piperidine rings is 1. The van der Waals surface area contributed by atoms with Gasteiger partial charge in [0.15, 0.2) is 0 Å². The van der Waals surface area contributed by atoms with Crippen molar-refractivity contribution in [3.63, 3.8) is 0 Å². The van der Waals surface area contributed by atoms with Crippen LogP contribution in [0.15, 0.2) is 52.4 Å². The summed E-state index contributed by atoms with van der Waals surface area (Å²) >= 11 is 0. The van der Waals surface area contributed by atoms with Crippen LogP contribution in [0.25, 0.3) is 22.1 Å². The van der Waals surface area contributed by atoms with E-state index in [0.29, 0.717) is 22.8 Å². The molecule has 0 amide bonds. The van der Waals surface area contributed by atoms with Crippen molar-refractivity contribution in [3.05, 3.63) is 75.9 Å². The summed E-state index contributed by atoms with van der Waals surface area (Å²) in [6.07, 6.45) is 14.0. The highest BCUT2D eigenvalue weighted by Crippen LogP contribution is 2.51. The summed E-state index contributed by atoms with van der Waals surface area (Å²) < 4.78 is 8.29. The zero-order valence-electron chi connectivity index (χ0n) is 23.2. The van der Waals surface area contributed by atoms with E-state index in [1.54, 1.807) is 18.8 Å². The number of hydrogen-bond donors (Lipinski definition) is 0. The summed E-state index contributed by atoms with van der Waals surface area (Å²) in [4.78, 5) is 21.2. The predicted molar refractivity (Wildman–Crippen MR) is 152 cm³/mol. The topological polar surface area (TPSA) is 77.1 Å². The van der Waals surface area contributed by atoms with Gasteiger partial charge in [-0.25, -0.2) is 0 Å². The van der Waals surface area contributed by atoms with Gasteiger partial charge >= 0.3 is 0 Å². The number of aromatic nitrogens is 4. The van der Waals surface area contributed by atoms with Crippen LogP contribution < -0.4 is 5.43 Å². The van der Waals surface area contributed by atoms with E-state index in [1.165, 1.54) is 36.8 Å². The molecule has 7 nitrogen and oxygen atoms in total. The fourth-order valence-corrected chi connectivity index (χ4v) is 7.25. The van der Waals surface area contributed by atoms with Crippen LogP contribution in [0.1, 0.15) is 80.8 Å². The normalized spacial score (nSPS) is 25.6. The van der Waals surface area contributed by atoms with E-state index in [1.807, 2.05) is 17.8 Å². The molecule has 3 fully saturated rings. The fourth-order valence-electron chi connectivity index (χ4n) is 7.25. The lowest BCUT2D eigenvalue weighted by atomic mass is 9.58. The van der Waals surface area contributed by atoms with E-state index in [-0.39, 0.29) is 10.8 Å². The fraction of sp³-hybridized carbons (Fsp3) is 0.500. The molecule has 0 radical (unpaired) electrons. The Labute approximate surface area is 229 Å². The van der Waals surface area contributed by atoms with Crippen LogP contribution in [0, 0.1) is 11.8 Å². The third-order valence-electron chi connectivity index (χ3n) is 9.26. The lowest BCUT2D eigenvalue weighted by molar-refractivity contribution is 0.176. The summed E-state index contributed by atoms with van der Waals surface area (Å²) in [7, 11) is 1.99. The lowest BCUT2D eigenvalue weighted by Gasteiger charge is -2.45. The smallest absolute Gasteiger partial charge is 0.200 e. The van der Waals surface area contributed by atoms with Gasteiger partial charge in [0.05, 0.1) is 16.4 Å². The Bertz CT molecular complexity index is 1590. The minimum Gasteiger partial charge on any atom is -0.463 e. The molecular formula is C32H37N5O2. The van der Waals surface area contributed by atoms with Crippen LogP contribution in [0.2, 0.25) is 0 Å². The van der Waals surface area contributed by atoms with Crippen molar-refractivity contribution in [1.82, 2.24) is 24.6 Å². The molecule has 2 aliphatic carbocycles. The summed E-state index contributed by atoms with van der Waals surface area (Å²) in [5, 5.41) is 9.33. The number of pyridine rings is 1. The van der Waals surface area contributed by atoms with Gasteiger partial charge in [-0.15, -0.1) is 10.2 Å². The maximum Gasteiger partial charge on any atom is 0.200 e. The second-order valence-corrected chi connectivity index (χ2v) is 12.6. The summed E-state index contributed by atoms with van der Waals surface area (Å²) in [5.74, 6) is 2.77. The van der Waals surface area contributed by atoms with Crippen molar-refractivity contribution in [1.29, 1.82) is 0 Å². The minimum absolute atomic E-state index is 0.0284. The summed E-state index contributed by atoms with van der Waals surface area (Å²) in [6.45, 7) is 7.74. The zero-order valence-corrected chi connectivity index (χ0v) is 23.2. The highest BCUT2D eigenvalue weighted by atomic mass is 16.3. The number of fused-ring (bicyclic) bond motifs is 1. The van der Waals surface area contributed by atoms with Crippen molar-refractivity contribution < 1.29 is 4.42 Å². The number of aryl methyl sites for hydroxylation is 1. The van der Waals surface area contributed by atoms with E-state index in [2.05, 4.69) is 52.1 Å². The van der Waals surface area contributed by atoms with Crippen molar-refractivity contribution in [3.8, 4) is 11.1 Å². The monoisotopic (exact) mass is 523 g/mol. The van der Waals surface area contributed by atoms with Gasteiger partial charge < -0.3 is 8.98 Å². The van der Waals surface area contributed by atoms with Crippen molar-refractivity contribution in [2.24, 2.45) is 18.9 Å². The van der Waals surface area contributed by atoms with E-state index in [9.17, 15) is 4.79 Å². The van der Waals surface area contributed by atoms with Gasteiger partial charge in [-0.05, 0) is 91.6 Å². The quantitative estimate of drug-likeness (QED) is 0.317. The van der Waals surface area contributed by atoms with Crippen LogP contribution in [0.5, 0.6) is 0 Å². The Kier molecular flexibility index (Phi) is 5.96. The largest absolute Gasteiger partial charge is 0.463 e. The van der Waals surface area contributed by atoms with Gasteiger partial charge in [-0.1, -0.05) is 19.9 Å². The highest BCUT2D eigenvalue weighted by Gasteiger charge is 2.48. The third-order valence-corrected chi connectivity index (χ3v) is 9.26. The average molecular weight is 524 g/mol. The van der Waals surface area contributed by atoms with E-state index in [4.69, 9.17) is 4.42 Å². The Morgan fingerprint density at radius 3 is 2.64 bits per heavy atom. The second-order valence-electron chi connectivity index (χ2n) is 12.6. The van der Waals surface area contributed by atoms with Crippen LogP contribution in [-0.2, 0) is 19.0 Å². The number of benzene rings is 1. The number of nitrogens with zero attached hydrogens (tertiary/aromatic N) is 5. The molecule has 0 spiro atoms. The minimum atomic E-state index is -0.234. The summed E-state index contributed by atoms with van der Waals surface area (Å²) in [6, 6.07) is 6.50. The third kappa shape index (κ3) is 4.31. The number of rotatable bonds is 6. The maximum atomic E-state index is 14.1. The standard InChI is InChI=1S/C32H37N5O2/c1-20-5-4-8-37(16-20)17-22-9-26(23-6-7-23)30-27(10-22)29(38)28(18-39-30)24-11-25(15-33-14-24)32(12-21(2)13-32)31-35-34-19-36(31)3/h9-11,14-15,18-21,23H,4-8,12-13,16-17H2,1-3H3. The molecule has 3 aromatic heterocycles. The zero-order chi connectivity index (χ0) is 26.7. The molecule has 1 aromatic carbocycles. The number of hydrogen-bond acceptors (Lipinski definition) is 6. The van der Waals surface area contributed by atoms with Crippen LogP contribution in [-0.4, -0.2) is 37.7 Å². The van der Waals surface area contributed by atoms with Crippen molar-refractivity contribution in [2.45, 2.75) is 70.3 Å². The van der Waals surface area contributed by atoms with Gasteiger partial charge in [-0.3, -0.25) is 14.7 Å². The Hall–Kier alpha value is -3.32. The van der Waals surface area contributed by atoms with Gasteiger partial charge in [0.2, 0.25) is 5.43 Å². The molecule has 4 heterocycles. The van der Waals surface area contributed by atoms with Crippen molar-refractivity contribution >= 4 is 11.0 Å². The first kappa shape index (κ1) is 24.7. The number of likely N-dealkylation sites (tertiary alicyclic amines) is 1. The first-order chi connectivity index (χ1) is 18.9. The molecule has 1 unspecified atom stereocenters. The first-order valence-corrected chi connectivity index (χ1v) is 14.5. The van der Waals surface area contributed by atoms with E-state index >= 15 is 0 Å². The molecule has 0 bridgehead atoms. The van der Waals surface area contributed by atoms with Gasteiger partial charge in [0.1, 0.15) is 24.0 Å². The molecule has 1 aliphatic heterocycles. The average Bonchev–Trinajstić information content (AvgIpc) is 3.67. The van der Waals surface area contributed by atoms with Crippen molar-refractivity contribution in [2.75, 3.05) is 13.1 Å².